The SMILES string of the molecule is c1ccc(-c2cccc(-c3nc(-c4ccc5sc6cc7ccccc7cc6c5c4)nc(-c4ccccc4-c4ccccc4)n3)c2)cc1.c1ccc(-c2nc(-c3cc4ccccc4c4ccccc34)nc(-c3cccc4c3sc3cc5ccccc5cc34)n2)cc1.c1ccc2cc3c(cc2c1)sc1cc(-c2nc(-c4cccc5ccccc45)nc(-c4cccc5ccccc45)n2)ccc13. The van der Waals surface area contributed by atoms with Crippen LogP contribution in [-0.2, 0) is 0 Å². The van der Waals surface area contributed by atoms with Gasteiger partial charge in [-0.25, -0.2) is 44.9 Å². The molecule has 9 nitrogen and oxygen atoms in total. The Morgan fingerprint density at radius 1 is 0.120 bits per heavy atom. The first-order chi connectivity index (χ1) is 65.8. The maximum atomic E-state index is 5.22. The lowest BCUT2D eigenvalue weighted by atomic mass is 9.97. The van der Waals surface area contributed by atoms with Crippen molar-refractivity contribution in [3.63, 3.8) is 0 Å². The highest BCUT2D eigenvalue weighted by atomic mass is 32.1. The molecule has 0 radical (unpaired) electrons. The highest BCUT2D eigenvalue weighted by molar-refractivity contribution is 7.27. The molecule has 0 N–H and O–H groups in total. The normalized spacial score (nSPS) is 11.6. The standard InChI is InChI=1S/C43H27N3S.2C39H23N3S/c1-3-12-28(13-4-1)30-18-11-19-33(24-30)41-44-42(46-43(45-41)36-21-10-9-20-35(36)29-14-5-2-6-15-29)34-22-23-39-37(26-34)38-25-31-16-7-8-17-32(31)27-40(38)47-39;1-2-12-27-22-36-34(21-26(27)11-1)31-20-19-28(23-35(31)43-36)37-40-38(32-17-7-13-24-9-3-5-15-29(24)32)42-39(41-37)33-18-8-14-25-10-4-6-16-30(25)33;1-2-11-24(12-3-1)37-40-38(32-20-10-19-31-33-21-25-13-4-5-14-26(25)23-35(33)43-36(31)32)42-39(41-37)34-22-27-15-6-7-16-28(27)29-17-8-9-18-30(29)34/h1-27H;2*1-23H. The van der Waals surface area contributed by atoms with E-state index in [0.29, 0.717) is 52.4 Å². The zero-order valence-electron chi connectivity index (χ0n) is 71.4. The fraction of sp³-hybridized carbons (Fsp3) is 0. The van der Waals surface area contributed by atoms with Crippen LogP contribution in [0.25, 0.3) is 261 Å². The Labute approximate surface area is 776 Å². The Morgan fingerprint density at radius 3 is 1.05 bits per heavy atom. The van der Waals surface area contributed by atoms with Gasteiger partial charge in [0.2, 0.25) is 0 Å². The molecule has 21 aromatic carbocycles. The molecule has 0 bridgehead atoms. The van der Waals surface area contributed by atoms with Crippen molar-refractivity contribution in [2.75, 3.05) is 0 Å². The number of nitrogens with zero attached hydrogens (tertiary/aromatic N) is 9. The predicted octanol–water partition coefficient (Wildman–Crippen LogP) is 33.1. The molecule has 0 saturated heterocycles. The second-order valence-corrected chi connectivity index (χ2v) is 36.6. The summed E-state index contributed by atoms with van der Waals surface area (Å²) < 4.78 is 7.49. The van der Waals surface area contributed by atoms with Crippen LogP contribution in [-0.4, -0.2) is 44.9 Å². The van der Waals surface area contributed by atoms with E-state index in [1.165, 1.54) is 104 Å². The van der Waals surface area contributed by atoms with Gasteiger partial charge >= 0.3 is 0 Å². The average Bonchev–Trinajstić information content (AvgIpc) is 1.50. The van der Waals surface area contributed by atoms with Crippen LogP contribution in [0.5, 0.6) is 0 Å². The van der Waals surface area contributed by atoms with E-state index in [1.54, 1.807) is 11.3 Å². The van der Waals surface area contributed by atoms with Gasteiger partial charge in [0.1, 0.15) is 0 Å². The summed E-state index contributed by atoms with van der Waals surface area (Å²) in [5.41, 5.74) is 13.3. The molecule has 0 atom stereocenters. The molecule has 0 aliphatic carbocycles. The smallest absolute Gasteiger partial charge is 0.165 e. The van der Waals surface area contributed by atoms with Gasteiger partial charge in [0, 0.05) is 111 Å². The van der Waals surface area contributed by atoms with Crippen molar-refractivity contribution in [2.45, 2.75) is 0 Å². The summed E-state index contributed by atoms with van der Waals surface area (Å²) in [5, 5.41) is 24.3. The molecule has 6 heterocycles. The van der Waals surface area contributed by atoms with Crippen molar-refractivity contribution < 1.29 is 0 Å². The van der Waals surface area contributed by atoms with Crippen LogP contribution < -0.4 is 0 Å². The number of benzene rings is 21. The van der Waals surface area contributed by atoms with Gasteiger partial charge < -0.3 is 0 Å². The topological polar surface area (TPSA) is 116 Å². The molecule has 0 aliphatic rings. The van der Waals surface area contributed by atoms with Crippen LogP contribution in [0.15, 0.2) is 443 Å². The first kappa shape index (κ1) is 78.4. The van der Waals surface area contributed by atoms with E-state index in [1.807, 2.05) is 53.0 Å². The lowest BCUT2D eigenvalue weighted by Gasteiger charge is -2.12. The minimum absolute atomic E-state index is 0.645. The zero-order chi connectivity index (χ0) is 87.8. The fourth-order valence-electron chi connectivity index (χ4n) is 18.8. The molecule has 133 heavy (non-hydrogen) atoms. The van der Waals surface area contributed by atoms with Crippen LogP contribution in [0, 0.1) is 0 Å². The van der Waals surface area contributed by atoms with E-state index < -0.39 is 0 Å². The monoisotopic (exact) mass is 1750 g/mol. The lowest BCUT2D eigenvalue weighted by Crippen LogP contribution is -2.01. The highest BCUT2D eigenvalue weighted by Gasteiger charge is 2.24. The van der Waals surface area contributed by atoms with Gasteiger partial charge in [-0.1, -0.05) is 364 Å². The van der Waals surface area contributed by atoms with Gasteiger partial charge in [-0.2, -0.15) is 0 Å². The predicted molar refractivity (Wildman–Crippen MR) is 560 cm³/mol. The van der Waals surface area contributed by atoms with Gasteiger partial charge in [-0.05, 0) is 177 Å². The summed E-state index contributed by atoms with van der Waals surface area (Å²) in [6.45, 7) is 0. The first-order valence-electron chi connectivity index (χ1n) is 44.4. The molecular weight excluding hydrogens is 1680 g/mol. The van der Waals surface area contributed by atoms with E-state index in [4.69, 9.17) is 44.9 Å². The molecule has 0 spiro atoms. The summed E-state index contributed by atoms with van der Waals surface area (Å²) in [4.78, 5) is 46.2. The Bertz CT molecular complexity index is 9210. The maximum Gasteiger partial charge on any atom is 0.165 e. The quantitative estimate of drug-likeness (QED) is 0.117. The largest absolute Gasteiger partial charge is 0.208 e. The van der Waals surface area contributed by atoms with Crippen molar-refractivity contribution in [1.82, 2.24) is 44.9 Å². The average molecular weight is 1750 g/mol. The Balaban J connectivity index is 0.000000107. The van der Waals surface area contributed by atoms with Gasteiger partial charge in [-0.15, -0.1) is 34.0 Å². The summed E-state index contributed by atoms with van der Waals surface area (Å²) in [6, 6.07) is 156. The van der Waals surface area contributed by atoms with Gasteiger partial charge in [0.15, 0.2) is 52.4 Å². The molecule has 0 aliphatic heterocycles. The van der Waals surface area contributed by atoms with Crippen LogP contribution in [0.2, 0.25) is 0 Å². The number of fused-ring (bicyclic) bond motifs is 17. The minimum Gasteiger partial charge on any atom is -0.208 e. The highest BCUT2D eigenvalue weighted by Crippen LogP contribution is 2.46. The lowest BCUT2D eigenvalue weighted by molar-refractivity contribution is 1.07. The first-order valence-corrected chi connectivity index (χ1v) is 46.9. The van der Waals surface area contributed by atoms with Crippen LogP contribution in [0.3, 0.4) is 0 Å². The molecule has 27 rings (SSSR count). The van der Waals surface area contributed by atoms with Gasteiger partial charge in [0.05, 0.1) is 0 Å². The number of aromatic nitrogens is 9. The Hall–Kier alpha value is -16.9. The minimum atomic E-state index is 0.645. The zero-order valence-corrected chi connectivity index (χ0v) is 73.8. The molecule has 0 saturated carbocycles. The molecule has 6 aromatic heterocycles. The third-order valence-electron chi connectivity index (χ3n) is 25.3. The Morgan fingerprint density at radius 2 is 0.451 bits per heavy atom. The van der Waals surface area contributed by atoms with E-state index in [-0.39, 0.29) is 0 Å². The number of rotatable bonds is 11. The fourth-order valence-corrected chi connectivity index (χ4v) is 22.3. The second kappa shape index (κ2) is 33.3. The maximum absolute atomic E-state index is 5.22. The molecule has 620 valence electrons. The molecule has 0 amide bonds. The van der Waals surface area contributed by atoms with Crippen LogP contribution >= 0.6 is 34.0 Å². The third kappa shape index (κ3) is 14.7. The molecular formula is C121H73N9S3. The summed E-state index contributed by atoms with van der Waals surface area (Å²) in [6.07, 6.45) is 0. The van der Waals surface area contributed by atoms with Crippen LogP contribution in [0.1, 0.15) is 0 Å². The molecule has 27 aromatic rings. The molecule has 12 heteroatoms. The Kier molecular flexibility index (Phi) is 19.6. The van der Waals surface area contributed by atoms with E-state index >= 15 is 0 Å². The second-order valence-electron chi connectivity index (χ2n) is 33.4. The van der Waals surface area contributed by atoms with Crippen molar-refractivity contribution in [1.29, 1.82) is 0 Å². The van der Waals surface area contributed by atoms with E-state index in [9.17, 15) is 0 Å². The summed E-state index contributed by atoms with van der Waals surface area (Å²) >= 11 is 5.45. The summed E-state index contributed by atoms with van der Waals surface area (Å²) in [5.74, 6) is 5.99. The molecule has 0 unspecified atom stereocenters. The van der Waals surface area contributed by atoms with Gasteiger partial charge in [-0.3, -0.25) is 0 Å². The van der Waals surface area contributed by atoms with E-state index in [2.05, 4.69) is 413 Å². The number of hydrogen-bond acceptors (Lipinski definition) is 12. The number of thiophene rings is 3. The van der Waals surface area contributed by atoms with Crippen molar-refractivity contribution in [3.05, 3.63) is 443 Å². The number of hydrogen-bond donors (Lipinski definition) is 0. The van der Waals surface area contributed by atoms with Crippen LogP contribution in [0.4, 0.5) is 0 Å². The van der Waals surface area contributed by atoms with Crippen molar-refractivity contribution >= 4 is 170 Å². The summed E-state index contributed by atoms with van der Waals surface area (Å²) in [7, 11) is 0. The molecule has 0 fully saturated rings. The van der Waals surface area contributed by atoms with Crippen molar-refractivity contribution in [2.24, 2.45) is 0 Å². The third-order valence-corrected chi connectivity index (χ3v) is 28.7. The van der Waals surface area contributed by atoms with Gasteiger partial charge in [0.25, 0.3) is 0 Å². The van der Waals surface area contributed by atoms with E-state index in [0.717, 1.165) is 105 Å². The van der Waals surface area contributed by atoms with Crippen molar-refractivity contribution in [3.8, 4) is 125 Å².